The molecule has 0 aliphatic rings. The van der Waals surface area contributed by atoms with Gasteiger partial charge in [0.05, 0.1) is 19.8 Å². The highest BCUT2D eigenvalue weighted by atomic mass is 16.5. The Hall–Kier alpha value is -4.00. The van der Waals surface area contributed by atoms with Gasteiger partial charge in [-0.05, 0) is 62.2 Å². The first-order chi connectivity index (χ1) is 17.1. The van der Waals surface area contributed by atoms with Crippen LogP contribution in [-0.4, -0.2) is 30.7 Å². The predicted molar refractivity (Wildman–Crippen MR) is 134 cm³/mol. The van der Waals surface area contributed by atoms with E-state index in [1.54, 1.807) is 18.2 Å². The zero-order valence-electron chi connectivity index (χ0n) is 20.3. The monoisotopic (exact) mass is 474 g/mol. The average molecular weight is 475 g/mol. The van der Waals surface area contributed by atoms with Gasteiger partial charge in [-0.3, -0.25) is 4.79 Å². The van der Waals surface area contributed by atoms with Gasteiger partial charge in [0.2, 0.25) is 5.75 Å². The molecule has 0 bridgehead atoms. The van der Waals surface area contributed by atoms with Crippen molar-refractivity contribution in [3.63, 3.8) is 0 Å². The molecule has 4 aromatic rings. The first-order valence-electron chi connectivity index (χ1n) is 11.9. The molecule has 0 fully saturated rings. The van der Waals surface area contributed by atoms with Crippen molar-refractivity contribution < 1.29 is 23.4 Å². The maximum Gasteiger partial charge on any atom is 0.251 e. The van der Waals surface area contributed by atoms with Crippen LogP contribution < -0.4 is 19.5 Å². The van der Waals surface area contributed by atoms with Gasteiger partial charge in [-0.1, -0.05) is 30.3 Å². The summed E-state index contributed by atoms with van der Waals surface area (Å²) >= 11 is 0. The van der Waals surface area contributed by atoms with Gasteiger partial charge in [-0.2, -0.15) is 0 Å². The number of oxazole rings is 1. The van der Waals surface area contributed by atoms with E-state index in [-0.39, 0.29) is 5.91 Å². The molecule has 4 rings (SSSR count). The summed E-state index contributed by atoms with van der Waals surface area (Å²) in [6, 6.07) is 19.0. The van der Waals surface area contributed by atoms with Crippen molar-refractivity contribution in [2.75, 3.05) is 19.8 Å². The Morgan fingerprint density at radius 3 is 2.20 bits per heavy atom. The molecule has 0 aliphatic carbocycles. The molecule has 0 atom stereocenters. The number of amides is 1. The Bertz CT molecular complexity index is 1260. The summed E-state index contributed by atoms with van der Waals surface area (Å²) in [6.45, 7) is 7.52. The Morgan fingerprint density at radius 2 is 1.54 bits per heavy atom. The van der Waals surface area contributed by atoms with Crippen molar-refractivity contribution in [3.8, 4) is 17.2 Å². The molecule has 0 aliphatic heterocycles. The molecule has 0 unspecified atom stereocenters. The number of nitrogens with zero attached hydrogens (tertiary/aromatic N) is 1. The van der Waals surface area contributed by atoms with Gasteiger partial charge in [-0.15, -0.1) is 0 Å². The minimum atomic E-state index is -0.210. The zero-order valence-corrected chi connectivity index (χ0v) is 20.3. The second-order valence-corrected chi connectivity index (χ2v) is 7.86. The van der Waals surface area contributed by atoms with Crippen molar-refractivity contribution in [2.24, 2.45) is 0 Å². The average Bonchev–Trinajstić information content (AvgIpc) is 3.27. The number of nitrogens with one attached hydrogen (secondary N) is 1. The molecule has 1 aromatic heterocycles. The normalized spacial score (nSPS) is 10.8. The third kappa shape index (κ3) is 5.93. The highest BCUT2D eigenvalue weighted by Gasteiger charge is 2.16. The fourth-order valence-corrected chi connectivity index (χ4v) is 3.79. The van der Waals surface area contributed by atoms with Crippen LogP contribution in [0, 0.1) is 0 Å². The van der Waals surface area contributed by atoms with Crippen LogP contribution in [-0.2, 0) is 13.0 Å². The van der Waals surface area contributed by atoms with E-state index in [0.29, 0.717) is 67.1 Å². The smallest absolute Gasteiger partial charge is 0.251 e. The van der Waals surface area contributed by atoms with E-state index in [9.17, 15) is 4.79 Å². The summed E-state index contributed by atoms with van der Waals surface area (Å²) < 4.78 is 23.2. The molecule has 0 saturated carbocycles. The topological polar surface area (TPSA) is 82.8 Å². The molecule has 0 saturated heterocycles. The zero-order chi connectivity index (χ0) is 24.6. The molecule has 182 valence electrons. The highest BCUT2D eigenvalue weighted by Crippen LogP contribution is 2.39. The lowest BCUT2D eigenvalue weighted by Crippen LogP contribution is -2.22. The van der Waals surface area contributed by atoms with Crippen LogP contribution in [0.4, 0.5) is 0 Å². The maximum absolute atomic E-state index is 12.9. The predicted octanol–water partition coefficient (Wildman–Crippen LogP) is 5.54. The van der Waals surface area contributed by atoms with Crippen molar-refractivity contribution in [1.82, 2.24) is 10.3 Å². The number of fused-ring (bicyclic) bond motifs is 1. The second kappa shape index (κ2) is 11.4. The van der Waals surface area contributed by atoms with E-state index in [0.717, 1.165) is 16.6 Å². The SMILES string of the molecule is CCOc1cc(CNC(=O)c2ccc3nc(Cc4ccccc4)oc3c2)cc(OCC)c1OCC. The number of hydrogen-bond acceptors (Lipinski definition) is 6. The first kappa shape index (κ1) is 24.1. The van der Waals surface area contributed by atoms with Gasteiger partial charge in [0.1, 0.15) is 5.52 Å². The van der Waals surface area contributed by atoms with E-state index >= 15 is 0 Å². The maximum atomic E-state index is 12.9. The Labute approximate surface area is 205 Å². The van der Waals surface area contributed by atoms with E-state index in [1.165, 1.54) is 0 Å². The molecule has 0 radical (unpaired) electrons. The van der Waals surface area contributed by atoms with Gasteiger partial charge in [0, 0.05) is 18.5 Å². The second-order valence-electron chi connectivity index (χ2n) is 7.86. The third-order valence-electron chi connectivity index (χ3n) is 5.32. The lowest BCUT2D eigenvalue weighted by atomic mass is 10.1. The summed E-state index contributed by atoms with van der Waals surface area (Å²) in [6.07, 6.45) is 0.596. The van der Waals surface area contributed by atoms with E-state index < -0.39 is 0 Å². The molecule has 0 spiro atoms. The van der Waals surface area contributed by atoms with E-state index in [4.69, 9.17) is 18.6 Å². The standard InChI is InChI=1S/C28H30N2O5/c1-4-32-24-14-20(15-25(33-5-2)27(24)34-6-3)18-29-28(31)21-12-13-22-23(17-21)35-26(30-22)16-19-10-8-7-9-11-19/h7-15,17H,4-6,16,18H2,1-3H3,(H,29,31). The van der Waals surface area contributed by atoms with Crippen LogP contribution in [0.5, 0.6) is 17.2 Å². The van der Waals surface area contributed by atoms with Crippen molar-refractivity contribution in [2.45, 2.75) is 33.7 Å². The fourth-order valence-electron chi connectivity index (χ4n) is 3.79. The third-order valence-corrected chi connectivity index (χ3v) is 5.32. The van der Waals surface area contributed by atoms with Crippen molar-refractivity contribution in [1.29, 1.82) is 0 Å². The number of hydrogen-bond donors (Lipinski definition) is 1. The molecule has 1 amide bonds. The summed E-state index contributed by atoms with van der Waals surface area (Å²) in [5, 5.41) is 2.96. The van der Waals surface area contributed by atoms with Gasteiger partial charge in [0.25, 0.3) is 5.91 Å². The quantitative estimate of drug-likeness (QED) is 0.307. The molecular weight excluding hydrogens is 444 g/mol. The van der Waals surface area contributed by atoms with E-state index in [2.05, 4.69) is 10.3 Å². The van der Waals surface area contributed by atoms with E-state index in [1.807, 2.05) is 63.2 Å². The molecule has 1 N–H and O–H groups in total. The minimum absolute atomic E-state index is 0.210. The molecule has 7 nitrogen and oxygen atoms in total. The minimum Gasteiger partial charge on any atom is -0.490 e. The number of benzene rings is 3. The van der Waals surface area contributed by atoms with Crippen LogP contribution in [0.2, 0.25) is 0 Å². The summed E-state index contributed by atoms with van der Waals surface area (Å²) in [7, 11) is 0. The first-order valence-corrected chi connectivity index (χ1v) is 11.9. The van der Waals surface area contributed by atoms with Crippen LogP contribution in [0.25, 0.3) is 11.1 Å². The molecular formula is C28H30N2O5. The Balaban J connectivity index is 1.49. The van der Waals surface area contributed by atoms with Crippen LogP contribution >= 0.6 is 0 Å². The Morgan fingerprint density at radius 1 is 0.857 bits per heavy atom. The largest absolute Gasteiger partial charge is 0.490 e. The fraction of sp³-hybridized carbons (Fsp3) is 0.286. The van der Waals surface area contributed by atoms with Crippen LogP contribution in [0.1, 0.15) is 48.1 Å². The van der Waals surface area contributed by atoms with Crippen LogP contribution in [0.15, 0.2) is 65.1 Å². The number of ether oxygens (including phenoxy) is 3. The van der Waals surface area contributed by atoms with Crippen LogP contribution in [0.3, 0.4) is 0 Å². The van der Waals surface area contributed by atoms with Crippen molar-refractivity contribution in [3.05, 3.63) is 83.2 Å². The van der Waals surface area contributed by atoms with Crippen molar-refractivity contribution >= 4 is 17.0 Å². The molecule has 1 heterocycles. The van der Waals surface area contributed by atoms with Gasteiger partial charge in [-0.25, -0.2) is 4.98 Å². The van der Waals surface area contributed by atoms with Gasteiger partial charge in [0.15, 0.2) is 23.0 Å². The number of carbonyl (C=O) groups is 1. The lowest BCUT2D eigenvalue weighted by molar-refractivity contribution is 0.0950. The molecule has 7 heteroatoms. The Kier molecular flexibility index (Phi) is 7.88. The summed E-state index contributed by atoms with van der Waals surface area (Å²) in [5.74, 6) is 2.17. The highest BCUT2D eigenvalue weighted by molar-refractivity contribution is 5.97. The summed E-state index contributed by atoms with van der Waals surface area (Å²) in [5.41, 5.74) is 3.77. The number of aromatic nitrogens is 1. The lowest BCUT2D eigenvalue weighted by Gasteiger charge is -2.17. The summed E-state index contributed by atoms with van der Waals surface area (Å²) in [4.78, 5) is 17.4. The van der Waals surface area contributed by atoms with Gasteiger partial charge >= 0.3 is 0 Å². The number of carbonyl (C=O) groups excluding carboxylic acids is 1. The number of rotatable bonds is 11. The molecule has 35 heavy (non-hydrogen) atoms. The molecule has 3 aromatic carbocycles. The van der Waals surface area contributed by atoms with Gasteiger partial charge < -0.3 is 23.9 Å².